The summed E-state index contributed by atoms with van der Waals surface area (Å²) in [6.45, 7) is 15.9. The lowest BCUT2D eigenvalue weighted by Crippen LogP contribution is -2.72. The lowest BCUT2D eigenvalue weighted by atomic mass is 9.51. The van der Waals surface area contributed by atoms with Gasteiger partial charge in [-0.25, -0.2) is 0 Å². The molecule has 2 aromatic rings. The molecule has 1 saturated carbocycles. The van der Waals surface area contributed by atoms with Gasteiger partial charge in [-0.15, -0.1) is 0 Å². The minimum atomic E-state index is -1.62. The molecule has 57 heavy (non-hydrogen) atoms. The van der Waals surface area contributed by atoms with Crippen molar-refractivity contribution in [3.05, 3.63) is 93.1 Å². The van der Waals surface area contributed by atoms with Crippen LogP contribution in [0.1, 0.15) is 108 Å². The van der Waals surface area contributed by atoms with Gasteiger partial charge in [-0.3, -0.25) is 14.4 Å². The molecule has 0 aromatic heterocycles. The Hall–Kier alpha value is -5.09. The van der Waals surface area contributed by atoms with Gasteiger partial charge in [0.05, 0.1) is 25.4 Å². The van der Waals surface area contributed by atoms with Gasteiger partial charge in [-0.1, -0.05) is 35.5 Å². The molecule has 0 radical (unpaired) electrons. The van der Waals surface area contributed by atoms with Crippen molar-refractivity contribution in [2.75, 3.05) is 14.2 Å². The molecule has 5 unspecified atom stereocenters. The highest BCUT2D eigenvalue weighted by Gasteiger charge is 2.81. The lowest BCUT2D eigenvalue weighted by molar-refractivity contribution is -0.171. The number of benzene rings is 2. The van der Waals surface area contributed by atoms with Crippen LogP contribution in [-0.2, 0) is 27.3 Å². The van der Waals surface area contributed by atoms with E-state index in [0.717, 1.165) is 17.6 Å². The summed E-state index contributed by atoms with van der Waals surface area (Å²) in [7, 11) is 3.13. The van der Waals surface area contributed by atoms with Crippen molar-refractivity contribution in [2.45, 2.75) is 116 Å². The highest BCUT2D eigenvalue weighted by atomic mass is 16.6. The quantitative estimate of drug-likeness (QED) is 0.161. The molecule has 2 fully saturated rings. The van der Waals surface area contributed by atoms with Crippen LogP contribution in [0.25, 0.3) is 6.08 Å². The summed E-state index contributed by atoms with van der Waals surface area (Å²) in [6, 6.07) is 5.38. The summed E-state index contributed by atoms with van der Waals surface area (Å²) in [5.74, 6) is -0.209. The first-order valence-corrected chi connectivity index (χ1v) is 19.8. The molecular formula is C47H55NO9. The summed E-state index contributed by atoms with van der Waals surface area (Å²) in [5, 5.41) is 14.9. The van der Waals surface area contributed by atoms with Crippen LogP contribution in [0.15, 0.2) is 70.9 Å². The van der Waals surface area contributed by atoms with Gasteiger partial charge in [0.25, 0.3) is 0 Å². The molecule has 10 heteroatoms. The summed E-state index contributed by atoms with van der Waals surface area (Å²) >= 11 is 0. The van der Waals surface area contributed by atoms with Crippen LogP contribution in [0.2, 0.25) is 0 Å². The molecule has 2 aromatic carbocycles. The largest absolute Gasteiger partial charge is 0.506 e. The molecule has 1 amide bonds. The molecule has 1 spiro atoms. The van der Waals surface area contributed by atoms with Crippen molar-refractivity contribution in [2.24, 2.45) is 11.8 Å². The number of ether oxygens (including phenoxy) is 5. The molecule has 4 bridgehead atoms. The minimum Gasteiger partial charge on any atom is -0.506 e. The topological polar surface area (TPSA) is 130 Å². The van der Waals surface area contributed by atoms with Crippen molar-refractivity contribution in [1.82, 2.24) is 5.32 Å². The van der Waals surface area contributed by atoms with E-state index in [-0.39, 0.29) is 53.4 Å². The maximum Gasteiger partial charge on any atom is 0.246 e. The Balaban J connectivity index is 1.30. The molecule has 10 nitrogen and oxygen atoms in total. The van der Waals surface area contributed by atoms with E-state index in [0.29, 0.717) is 58.8 Å². The second-order valence-corrected chi connectivity index (χ2v) is 17.3. The Bertz CT molecular complexity index is 2210. The predicted molar refractivity (Wildman–Crippen MR) is 218 cm³/mol. The molecule has 3 heterocycles. The number of carbonyl (C=O) groups excluding carboxylic acids is 3. The first kappa shape index (κ1) is 40.1. The average Bonchev–Trinajstić information content (AvgIpc) is 3.32. The van der Waals surface area contributed by atoms with E-state index in [9.17, 15) is 14.7 Å². The molecule has 5 atom stereocenters. The first-order chi connectivity index (χ1) is 26.9. The van der Waals surface area contributed by atoms with E-state index in [1.807, 2.05) is 58.9 Å². The number of aromatic hydroxyl groups is 1. The van der Waals surface area contributed by atoms with E-state index in [4.69, 9.17) is 23.7 Å². The molecule has 8 rings (SSSR count). The maximum absolute atomic E-state index is 15.0. The fourth-order valence-corrected chi connectivity index (χ4v) is 9.49. The van der Waals surface area contributed by atoms with Crippen LogP contribution in [-0.4, -0.2) is 59.2 Å². The summed E-state index contributed by atoms with van der Waals surface area (Å²) in [5.41, 5.74) is 0.161. The number of hydrogen-bond donors (Lipinski definition) is 2. The van der Waals surface area contributed by atoms with E-state index in [2.05, 4.69) is 25.2 Å². The number of allylic oxidation sites excluding steroid dienone is 5. The SMILES string of the molecule is COc1ccc(CNC(=O)C(C)=CCC23OC(C)(C)C4CC(C=C5C(=O)c6c(O)c7c(c(CC=C(C)C)c6OC542)OC(C)(CCC=C(C)C)C=C7)C3=O)c(OC)c1. The number of phenols is 1. The second kappa shape index (κ2) is 14.4. The van der Waals surface area contributed by atoms with Gasteiger partial charge in [0.2, 0.25) is 5.91 Å². The van der Waals surface area contributed by atoms with Crippen LogP contribution in [0.3, 0.4) is 0 Å². The molecule has 6 aliphatic rings. The third-order valence-corrected chi connectivity index (χ3v) is 12.4. The Labute approximate surface area is 335 Å². The fourth-order valence-electron chi connectivity index (χ4n) is 9.49. The van der Waals surface area contributed by atoms with Gasteiger partial charge >= 0.3 is 0 Å². The Morgan fingerprint density at radius 2 is 1.72 bits per heavy atom. The number of fused-ring (bicyclic) bond motifs is 2. The zero-order valence-electron chi connectivity index (χ0n) is 34.8. The fraction of sp³-hybridized carbons (Fsp3) is 0.468. The summed E-state index contributed by atoms with van der Waals surface area (Å²) in [4.78, 5) is 43.4. The van der Waals surface area contributed by atoms with E-state index < -0.39 is 28.3 Å². The third kappa shape index (κ3) is 6.40. The monoisotopic (exact) mass is 777 g/mol. The van der Waals surface area contributed by atoms with Crippen LogP contribution < -0.4 is 24.3 Å². The Morgan fingerprint density at radius 1 is 0.982 bits per heavy atom. The number of rotatable bonds is 12. The van der Waals surface area contributed by atoms with Gasteiger partial charge < -0.3 is 34.1 Å². The number of amides is 1. The predicted octanol–water partition coefficient (Wildman–Crippen LogP) is 8.49. The van der Waals surface area contributed by atoms with Crippen molar-refractivity contribution in [3.8, 4) is 28.7 Å². The highest BCUT2D eigenvalue weighted by Crippen LogP contribution is 2.68. The number of nitrogens with one attached hydrogen (secondary N) is 1. The average molecular weight is 778 g/mol. The third-order valence-electron chi connectivity index (χ3n) is 12.4. The van der Waals surface area contributed by atoms with Crippen LogP contribution >= 0.6 is 0 Å². The number of hydrogen-bond acceptors (Lipinski definition) is 9. The van der Waals surface area contributed by atoms with Crippen LogP contribution in [0.4, 0.5) is 0 Å². The summed E-state index contributed by atoms with van der Waals surface area (Å²) in [6.07, 6.45) is 13.8. The zero-order valence-corrected chi connectivity index (χ0v) is 34.8. The summed E-state index contributed by atoms with van der Waals surface area (Å²) < 4.78 is 31.9. The van der Waals surface area contributed by atoms with Crippen molar-refractivity contribution in [1.29, 1.82) is 0 Å². The van der Waals surface area contributed by atoms with E-state index in [1.54, 1.807) is 45.4 Å². The minimum absolute atomic E-state index is 0.00474. The maximum atomic E-state index is 15.0. The second-order valence-electron chi connectivity index (χ2n) is 17.3. The van der Waals surface area contributed by atoms with Gasteiger partial charge in [0, 0.05) is 53.1 Å². The van der Waals surface area contributed by atoms with Gasteiger partial charge in [-0.05, 0) is 105 Å². The normalized spacial score (nSPS) is 27.3. The molecule has 1 saturated heterocycles. The molecule has 3 aliphatic carbocycles. The Morgan fingerprint density at radius 3 is 2.40 bits per heavy atom. The number of Topliss-reactive ketones (excluding diaryl/α,β-unsaturated/α-hetero) is 2. The van der Waals surface area contributed by atoms with Crippen molar-refractivity contribution >= 4 is 23.5 Å². The zero-order chi connectivity index (χ0) is 41.2. The van der Waals surface area contributed by atoms with Gasteiger partial charge in [-0.2, -0.15) is 0 Å². The van der Waals surface area contributed by atoms with Crippen LogP contribution in [0, 0.1) is 11.8 Å². The lowest BCUT2D eigenvalue weighted by Gasteiger charge is -2.56. The van der Waals surface area contributed by atoms with Gasteiger partial charge in [0.15, 0.2) is 22.8 Å². The smallest absolute Gasteiger partial charge is 0.246 e. The number of methoxy groups -OCH3 is 2. The first-order valence-electron chi connectivity index (χ1n) is 19.8. The molecular weight excluding hydrogens is 723 g/mol. The van der Waals surface area contributed by atoms with Crippen molar-refractivity contribution in [3.63, 3.8) is 0 Å². The van der Waals surface area contributed by atoms with Gasteiger partial charge in [0.1, 0.15) is 39.9 Å². The number of phenolic OH excluding ortho intramolecular Hbond substituents is 1. The number of carbonyl (C=O) groups is 3. The van der Waals surface area contributed by atoms with E-state index >= 15 is 4.79 Å². The van der Waals surface area contributed by atoms with Crippen LogP contribution in [0.5, 0.6) is 28.7 Å². The standard InChI is InChI=1S/C47H55NO9/c1-26(2)12-11-19-45(8)20-18-32-38(49)37-39(50)34-22-30-23-36-44(6,7)57-46(42(30)51,47(34,36)56-41(37)33(40(32)55-45)16-13-27(3)4)21-17-28(5)43(52)48-25-29-14-15-31(53-9)24-35(29)54-10/h12-15,17-18,20,22,24,30,36,49H,11,16,19,21,23,25H2,1-10H3,(H,48,52). The van der Waals surface area contributed by atoms with E-state index in [1.165, 1.54) is 5.57 Å². The van der Waals surface area contributed by atoms with Crippen molar-refractivity contribution < 1.29 is 43.2 Å². The number of ketones is 2. The highest BCUT2D eigenvalue weighted by molar-refractivity contribution is 6.19. The molecule has 302 valence electrons. The Kier molecular flexibility index (Phi) is 10.1. The molecule has 2 N–H and O–H groups in total. The molecule has 3 aliphatic heterocycles.